The lowest BCUT2D eigenvalue weighted by molar-refractivity contribution is -0.140. The van der Waals surface area contributed by atoms with E-state index in [0.29, 0.717) is 29.5 Å². The predicted octanol–water partition coefficient (Wildman–Crippen LogP) is 2.91. The molecule has 37 heavy (non-hydrogen) atoms. The average molecular weight is 534 g/mol. The van der Waals surface area contributed by atoms with E-state index in [1.165, 1.54) is 9.21 Å². The molecule has 0 unspecified atom stereocenters. The number of hydrogen-bond donors (Lipinski definition) is 1. The molecule has 1 aliphatic rings. The molecule has 2 aromatic carbocycles. The van der Waals surface area contributed by atoms with Crippen LogP contribution in [0.5, 0.6) is 17.2 Å². The van der Waals surface area contributed by atoms with Crippen LogP contribution in [-0.4, -0.2) is 64.4 Å². The van der Waals surface area contributed by atoms with Gasteiger partial charge in [-0.25, -0.2) is 8.42 Å². The van der Waals surface area contributed by atoms with Crippen molar-refractivity contribution in [3.63, 3.8) is 0 Å². The van der Waals surface area contributed by atoms with Gasteiger partial charge in [-0.15, -0.1) is 0 Å². The van der Waals surface area contributed by atoms with E-state index in [0.717, 1.165) is 18.2 Å². The van der Waals surface area contributed by atoms with Gasteiger partial charge in [0.25, 0.3) is 0 Å². The molecule has 0 aliphatic carbocycles. The van der Waals surface area contributed by atoms with E-state index in [2.05, 4.69) is 5.32 Å². The number of fused-ring (bicyclic) bond motifs is 1. The monoisotopic (exact) mass is 533 g/mol. The number of ether oxygens (including phenoxy) is 3. The number of carbonyl (C=O) groups is 2. The summed E-state index contributed by atoms with van der Waals surface area (Å²) in [7, 11) is -2.05. The number of rotatable bonds is 13. The van der Waals surface area contributed by atoms with Crippen molar-refractivity contribution in [2.24, 2.45) is 0 Å². The molecule has 1 heterocycles. The first-order valence-corrected chi connectivity index (χ1v) is 14.1. The quantitative estimate of drug-likeness (QED) is 0.421. The van der Waals surface area contributed by atoms with E-state index < -0.39 is 16.1 Å². The van der Waals surface area contributed by atoms with Crippen LogP contribution in [0.2, 0.25) is 0 Å². The number of anilines is 1. The van der Waals surface area contributed by atoms with E-state index in [4.69, 9.17) is 14.2 Å². The van der Waals surface area contributed by atoms with Crippen LogP contribution in [0.4, 0.5) is 5.69 Å². The first-order chi connectivity index (χ1) is 17.6. The zero-order chi connectivity index (χ0) is 27.0. The summed E-state index contributed by atoms with van der Waals surface area (Å²) >= 11 is 0. The third kappa shape index (κ3) is 7.51. The fraction of sp³-hybridized carbons (Fsp3) is 0.462. The highest BCUT2D eigenvalue weighted by Crippen LogP contribution is 2.36. The van der Waals surface area contributed by atoms with Crippen LogP contribution >= 0.6 is 0 Å². The number of amides is 2. The van der Waals surface area contributed by atoms with E-state index in [1.807, 2.05) is 31.2 Å². The average Bonchev–Trinajstić information content (AvgIpc) is 3.35. The molecule has 1 atom stereocenters. The van der Waals surface area contributed by atoms with Crippen LogP contribution in [-0.2, 0) is 26.2 Å². The van der Waals surface area contributed by atoms with Crippen molar-refractivity contribution in [1.82, 2.24) is 10.2 Å². The van der Waals surface area contributed by atoms with Gasteiger partial charge in [-0.2, -0.15) is 0 Å². The molecule has 0 saturated carbocycles. The van der Waals surface area contributed by atoms with E-state index in [9.17, 15) is 18.0 Å². The Balaban J connectivity index is 1.73. The molecule has 2 amide bonds. The molecule has 0 fully saturated rings. The maximum atomic E-state index is 13.4. The van der Waals surface area contributed by atoms with Crippen molar-refractivity contribution in [1.29, 1.82) is 0 Å². The second kappa shape index (κ2) is 12.7. The lowest BCUT2D eigenvalue weighted by Crippen LogP contribution is -2.47. The molecule has 0 aromatic heterocycles. The zero-order valence-corrected chi connectivity index (χ0v) is 22.5. The standard InChI is InChI=1S/C26H35N3O7S/c1-5-13-27-26(31)19(2)28(17-20-8-6-9-22(15-20)34-3)25(30)10-7-14-29(37(4,32)33)21-11-12-23-24(16-21)36-18-35-23/h6,8-9,11-12,15-16,19H,5,7,10,13-14,17-18H2,1-4H3,(H,27,31)/t19-/m1/s1. The predicted molar refractivity (Wildman–Crippen MR) is 140 cm³/mol. The van der Waals surface area contributed by atoms with Gasteiger partial charge in [0.05, 0.1) is 19.1 Å². The van der Waals surface area contributed by atoms with Crippen LogP contribution in [0.15, 0.2) is 42.5 Å². The highest BCUT2D eigenvalue weighted by molar-refractivity contribution is 7.92. The largest absolute Gasteiger partial charge is 0.497 e. The minimum atomic E-state index is -3.62. The first kappa shape index (κ1) is 28.1. The summed E-state index contributed by atoms with van der Waals surface area (Å²) in [5, 5.41) is 2.84. The Labute approximate surface area is 218 Å². The van der Waals surface area contributed by atoms with Gasteiger partial charge in [-0.1, -0.05) is 19.1 Å². The second-order valence-corrected chi connectivity index (χ2v) is 10.7. The van der Waals surface area contributed by atoms with E-state index in [1.54, 1.807) is 32.2 Å². The topological polar surface area (TPSA) is 114 Å². The van der Waals surface area contributed by atoms with E-state index >= 15 is 0 Å². The van der Waals surface area contributed by atoms with Crippen molar-refractivity contribution in [3.8, 4) is 17.2 Å². The highest BCUT2D eigenvalue weighted by Gasteiger charge is 2.27. The second-order valence-electron chi connectivity index (χ2n) is 8.82. The van der Waals surface area contributed by atoms with Crippen LogP contribution in [0.1, 0.15) is 38.7 Å². The molecule has 11 heteroatoms. The smallest absolute Gasteiger partial charge is 0.242 e. The number of methoxy groups -OCH3 is 1. The maximum Gasteiger partial charge on any atom is 0.242 e. The zero-order valence-electron chi connectivity index (χ0n) is 21.7. The van der Waals surface area contributed by atoms with Gasteiger partial charge in [0, 0.05) is 32.1 Å². The maximum absolute atomic E-state index is 13.4. The third-order valence-electron chi connectivity index (χ3n) is 6.00. The number of carbonyl (C=O) groups excluding carboxylic acids is 2. The Kier molecular flexibility index (Phi) is 9.62. The van der Waals surface area contributed by atoms with Crippen molar-refractivity contribution in [3.05, 3.63) is 48.0 Å². The van der Waals surface area contributed by atoms with Gasteiger partial charge in [0.1, 0.15) is 11.8 Å². The Hall–Kier alpha value is -3.47. The lowest BCUT2D eigenvalue weighted by Gasteiger charge is -2.29. The van der Waals surface area contributed by atoms with Crippen LogP contribution in [0, 0.1) is 0 Å². The molecular weight excluding hydrogens is 498 g/mol. The summed E-state index contributed by atoms with van der Waals surface area (Å²) in [6, 6.07) is 11.5. The van der Waals surface area contributed by atoms with Gasteiger partial charge >= 0.3 is 0 Å². The molecule has 0 bridgehead atoms. The first-order valence-electron chi connectivity index (χ1n) is 12.2. The summed E-state index contributed by atoms with van der Waals surface area (Å²) in [5.41, 5.74) is 1.25. The molecule has 1 N–H and O–H groups in total. The van der Waals surface area contributed by atoms with Crippen LogP contribution in [0.25, 0.3) is 0 Å². The van der Waals surface area contributed by atoms with Crippen LogP contribution < -0.4 is 23.8 Å². The summed E-state index contributed by atoms with van der Waals surface area (Å²) < 4.78 is 42.3. The fourth-order valence-corrected chi connectivity index (χ4v) is 4.95. The number of nitrogens with zero attached hydrogens (tertiary/aromatic N) is 2. The minimum Gasteiger partial charge on any atom is -0.497 e. The molecule has 3 rings (SSSR count). The minimum absolute atomic E-state index is 0.0614. The molecule has 1 aliphatic heterocycles. The summed E-state index contributed by atoms with van der Waals surface area (Å²) in [6.45, 7) is 4.56. The molecule has 0 spiro atoms. The summed E-state index contributed by atoms with van der Waals surface area (Å²) in [5.74, 6) is 1.19. The molecule has 0 saturated heterocycles. The number of sulfonamides is 1. The van der Waals surface area contributed by atoms with Gasteiger partial charge in [-0.3, -0.25) is 13.9 Å². The Bertz CT molecular complexity index is 1200. The molecule has 10 nitrogen and oxygen atoms in total. The normalized spacial score (nSPS) is 13.1. The van der Waals surface area contributed by atoms with Gasteiger partial charge in [0.15, 0.2) is 11.5 Å². The Morgan fingerprint density at radius 3 is 2.59 bits per heavy atom. The van der Waals surface area contributed by atoms with Crippen molar-refractivity contribution < 1.29 is 32.2 Å². The van der Waals surface area contributed by atoms with Gasteiger partial charge < -0.3 is 24.4 Å². The van der Waals surface area contributed by atoms with Crippen molar-refractivity contribution in [2.75, 3.05) is 37.6 Å². The highest BCUT2D eigenvalue weighted by atomic mass is 32.2. The Morgan fingerprint density at radius 1 is 1.14 bits per heavy atom. The lowest BCUT2D eigenvalue weighted by atomic mass is 10.1. The van der Waals surface area contributed by atoms with Gasteiger partial charge in [-0.05, 0) is 49.6 Å². The molecule has 202 valence electrons. The van der Waals surface area contributed by atoms with Crippen LogP contribution in [0.3, 0.4) is 0 Å². The third-order valence-corrected chi connectivity index (χ3v) is 7.19. The number of nitrogens with one attached hydrogen (secondary N) is 1. The Morgan fingerprint density at radius 2 is 1.89 bits per heavy atom. The number of benzene rings is 2. The van der Waals surface area contributed by atoms with Crippen molar-refractivity contribution in [2.45, 2.75) is 45.7 Å². The summed E-state index contributed by atoms with van der Waals surface area (Å²) in [4.78, 5) is 27.6. The van der Waals surface area contributed by atoms with E-state index in [-0.39, 0.29) is 44.5 Å². The SMILES string of the molecule is CCCNC(=O)[C@@H](C)N(Cc1cccc(OC)c1)C(=O)CCCN(c1ccc2c(c1)OCO2)S(C)(=O)=O. The van der Waals surface area contributed by atoms with Gasteiger partial charge in [0.2, 0.25) is 28.6 Å². The molecule has 0 radical (unpaired) electrons. The molecular formula is C26H35N3O7S. The molecule has 2 aromatic rings. The number of hydrogen-bond acceptors (Lipinski definition) is 7. The van der Waals surface area contributed by atoms with Crippen molar-refractivity contribution >= 4 is 27.5 Å². The summed E-state index contributed by atoms with van der Waals surface area (Å²) in [6.07, 6.45) is 2.22. The fourth-order valence-electron chi connectivity index (χ4n) is 3.99.